The first-order valence-electron chi connectivity index (χ1n) is 7.04. The number of nitrogens with zero attached hydrogens (tertiary/aromatic N) is 4. The molecule has 0 heterocycles. The lowest BCUT2D eigenvalue weighted by Gasteiger charge is -2.11. The lowest BCUT2D eigenvalue weighted by molar-refractivity contribution is -0.137. The second-order valence-corrected chi connectivity index (χ2v) is 4.63. The average Bonchev–Trinajstić information content (AvgIpc) is 2.52. The second kappa shape index (κ2) is 11.9. The van der Waals surface area contributed by atoms with Crippen LogP contribution in [0.5, 0.6) is 0 Å². The summed E-state index contributed by atoms with van der Waals surface area (Å²) in [4.78, 5) is 28.5. The molecule has 0 amide bonds. The van der Waals surface area contributed by atoms with Crippen molar-refractivity contribution in [3.8, 4) is 0 Å². The average molecular weight is 346 g/mol. The van der Waals surface area contributed by atoms with Crippen LogP contribution in [-0.4, -0.2) is 69.4 Å². The monoisotopic (exact) mass is 346 g/mol. The lowest BCUT2D eigenvalue weighted by Crippen LogP contribution is -2.32. The molecule has 0 bridgehead atoms. The van der Waals surface area contributed by atoms with Crippen LogP contribution in [0.2, 0.25) is 0 Å². The first kappa shape index (κ1) is 21.4. The minimum absolute atomic E-state index is 0.0340. The van der Waals surface area contributed by atoms with Gasteiger partial charge in [0.05, 0.1) is 25.9 Å². The van der Waals surface area contributed by atoms with Crippen LogP contribution in [0.4, 0.5) is 0 Å². The van der Waals surface area contributed by atoms with Gasteiger partial charge in [-0.2, -0.15) is 10.2 Å². The molecule has 2 atom stereocenters. The predicted octanol–water partition coefficient (Wildman–Crippen LogP) is -0.0804. The second-order valence-electron chi connectivity index (χ2n) is 4.63. The van der Waals surface area contributed by atoms with Crippen LogP contribution in [0.25, 0.3) is 0 Å². The van der Waals surface area contributed by atoms with Gasteiger partial charge in [-0.3, -0.25) is 40.9 Å². The summed E-state index contributed by atoms with van der Waals surface area (Å²) in [5.41, 5.74) is 3.66. The third kappa shape index (κ3) is 9.42. The first-order valence-corrected chi connectivity index (χ1v) is 7.04. The summed E-state index contributed by atoms with van der Waals surface area (Å²) in [6, 6.07) is -1.38. The van der Waals surface area contributed by atoms with E-state index < -0.39 is 24.0 Å². The summed E-state index contributed by atoms with van der Waals surface area (Å²) in [5.74, 6) is -1.97. The minimum atomic E-state index is -1.02. The highest BCUT2D eigenvalue weighted by atomic mass is 16.5. The molecular formula is C12H22N6O6. The maximum absolute atomic E-state index is 10.4. The van der Waals surface area contributed by atoms with Gasteiger partial charge in [0.2, 0.25) is 0 Å². The number of aliphatic carboxylic acids is 2. The maximum Gasteiger partial charge on any atom is 0.305 e. The van der Waals surface area contributed by atoms with E-state index in [0.717, 1.165) is 0 Å². The van der Waals surface area contributed by atoms with E-state index in [-0.39, 0.29) is 37.6 Å². The molecule has 2 unspecified atom stereocenters. The SMILES string of the molecule is CC(N=NC(C)C(=NCCC(=O)O)NO)C(=NCCC(=O)O)NO. The Kier molecular flexibility index (Phi) is 10.6. The molecule has 6 N–H and O–H groups in total. The molecule has 0 spiro atoms. The molecule has 0 aromatic carbocycles. The van der Waals surface area contributed by atoms with Crippen LogP contribution < -0.4 is 11.0 Å². The van der Waals surface area contributed by atoms with Gasteiger partial charge in [0.1, 0.15) is 23.8 Å². The molecule has 0 aromatic rings. The smallest absolute Gasteiger partial charge is 0.305 e. The molecule has 0 aromatic heterocycles. The Balaban J connectivity index is 4.74. The van der Waals surface area contributed by atoms with Crippen LogP contribution in [0.15, 0.2) is 20.2 Å². The van der Waals surface area contributed by atoms with Gasteiger partial charge in [0.25, 0.3) is 0 Å². The molecule has 0 rings (SSSR count). The number of carboxylic acid groups (broad SMARTS) is 2. The van der Waals surface area contributed by atoms with E-state index in [0.29, 0.717) is 0 Å². The molecule has 0 radical (unpaired) electrons. The van der Waals surface area contributed by atoms with Crippen LogP contribution in [-0.2, 0) is 9.59 Å². The number of carbonyl (C=O) groups is 2. The summed E-state index contributed by atoms with van der Waals surface area (Å²) in [5, 5.41) is 42.8. The van der Waals surface area contributed by atoms with Crippen molar-refractivity contribution in [2.75, 3.05) is 13.1 Å². The topological polar surface area (TPSA) is 189 Å². The van der Waals surface area contributed by atoms with Crippen LogP contribution >= 0.6 is 0 Å². The molecule has 12 heteroatoms. The highest BCUT2D eigenvalue weighted by Crippen LogP contribution is 2.00. The predicted molar refractivity (Wildman–Crippen MR) is 82.7 cm³/mol. The van der Waals surface area contributed by atoms with Gasteiger partial charge in [0.15, 0.2) is 0 Å². The first-order chi connectivity index (χ1) is 11.3. The summed E-state index contributed by atoms with van der Waals surface area (Å²) in [7, 11) is 0. The number of carboxylic acids is 2. The van der Waals surface area contributed by atoms with Crippen LogP contribution in [0, 0.1) is 0 Å². The molecule has 0 aliphatic heterocycles. The Bertz CT molecular complexity index is 462. The van der Waals surface area contributed by atoms with Gasteiger partial charge in [-0.05, 0) is 13.8 Å². The van der Waals surface area contributed by atoms with E-state index in [1.54, 1.807) is 13.8 Å². The molecule has 0 saturated heterocycles. The minimum Gasteiger partial charge on any atom is -0.481 e. The van der Waals surface area contributed by atoms with E-state index >= 15 is 0 Å². The van der Waals surface area contributed by atoms with Gasteiger partial charge >= 0.3 is 11.9 Å². The molecular weight excluding hydrogens is 324 g/mol. The normalized spacial score (nSPS) is 15.2. The number of azo groups is 1. The maximum atomic E-state index is 10.4. The third-order valence-electron chi connectivity index (χ3n) is 2.65. The highest BCUT2D eigenvalue weighted by Gasteiger charge is 2.12. The lowest BCUT2D eigenvalue weighted by atomic mass is 10.3. The Hall–Kier alpha value is -2.60. The fraction of sp³-hybridized carbons (Fsp3) is 0.667. The summed E-state index contributed by atoms with van der Waals surface area (Å²) in [6.07, 6.45) is -0.388. The van der Waals surface area contributed by atoms with Crippen molar-refractivity contribution in [1.29, 1.82) is 0 Å². The number of rotatable bonds is 10. The van der Waals surface area contributed by atoms with Crippen molar-refractivity contribution in [1.82, 2.24) is 11.0 Å². The van der Waals surface area contributed by atoms with Crippen molar-refractivity contribution in [2.24, 2.45) is 20.2 Å². The van der Waals surface area contributed by atoms with E-state index in [1.165, 1.54) is 0 Å². The van der Waals surface area contributed by atoms with Gasteiger partial charge in [-0.15, -0.1) is 0 Å². The van der Waals surface area contributed by atoms with Gasteiger partial charge < -0.3 is 10.2 Å². The third-order valence-corrected chi connectivity index (χ3v) is 2.65. The fourth-order valence-electron chi connectivity index (χ4n) is 1.38. The Morgan fingerprint density at radius 1 is 0.833 bits per heavy atom. The Morgan fingerprint density at radius 2 is 1.17 bits per heavy atom. The summed E-state index contributed by atoms with van der Waals surface area (Å²) >= 11 is 0. The van der Waals surface area contributed by atoms with Gasteiger partial charge in [-0.25, -0.2) is 0 Å². The van der Waals surface area contributed by atoms with E-state index in [9.17, 15) is 9.59 Å². The Labute approximate surface area is 137 Å². The van der Waals surface area contributed by atoms with Gasteiger partial charge in [0, 0.05) is 0 Å². The standard InChI is InChI=1S/C12H22N6O6/c1-7(11(17-23)13-5-3-9(19)20)15-16-8(2)12(18-24)14-6-4-10(21)22/h7-8,23-24H,3-6H2,1-2H3,(H,13,17)(H,14,18)(H,19,20)(H,21,22). The number of hydrogen-bond acceptors (Lipinski definition) is 8. The zero-order valence-corrected chi connectivity index (χ0v) is 13.4. The highest BCUT2D eigenvalue weighted by molar-refractivity contribution is 5.87. The van der Waals surface area contributed by atoms with Crippen molar-refractivity contribution in [3.63, 3.8) is 0 Å². The number of nitrogens with one attached hydrogen (secondary N) is 2. The largest absolute Gasteiger partial charge is 0.481 e. The molecule has 24 heavy (non-hydrogen) atoms. The van der Waals surface area contributed by atoms with Crippen LogP contribution in [0.3, 0.4) is 0 Å². The molecule has 0 fully saturated rings. The van der Waals surface area contributed by atoms with Crippen LogP contribution in [0.1, 0.15) is 26.7 Å². The van der Waals surface area contributed by atoms with Crippen molar-refractivity contribution in [3.05, 3.63) is 0 Å². The molecule has 0 saturated carbocycles. The zero-order valence-electron chi connectivity index (χ0n) is 13.4. The van der Waals surface area contributed by atoms with E-state index in [2.05, 4.69) is 20.2 Å². The molecule has 0 aliphatic rings. The van der Waals surface area contributed by atoms with Crippen molar-refractivity contribution < 1.29 is 30.2 Å². The van der Waals surface area contributed by atoms with Crippen molar-refractivity contribution >= 4 is 23.6 Å². The number of hydroxylamine groups is 2. The summed E-state index contributed by atoms with van der Waals surface area (Å²) < 4.78 is 0. The summed E-state index contributed by atoms with van der Waals surface area (Å²) in [6.45, 7) is 3.06. The van der Waals surface area contributed by atoms with E-state index in [1.807, 2.05) is 11.0 Å². The fourth-order valence-corrected chi connectivity index (χ4v) is 1.38. The van der Waals surface area contributed by atoms with Crippen molar-refractivity contribution in [2.45, 2.75) is 38.8 Å². The van der Waals surface area contributed by atoms with Gasteiger partial charge in [-0.1, -0.05) is 0 Å². The quantitative estimate of drug-likeness (QED) is 0.137. The zero-order chi connectivity index (χ0) is 18.5. The molecule has 0 aliphatic carbocycles. The Morgan fingerprint density at radius 3 is 1.42 bits per heavy atom. The molecule has 136 valence electrons. The number of aliphatic imine (C=N–C) groups is 2. The number of hydrogen-bond donors (Lipinski definition) is 6. The number of amidine groups is 2. The van der Waals surface area contributed by atoms with E-state index in [4.69, 9.17) is 20.6 Å². The molecule has 12 nitrogen and oxygen atoms in total.